The van der Waals surface area contributed by atoms with Crippen LogP contribution in [0.15, 0.2) is 44.6 Å². The van der Waals surface area contributed by atoms with Gasteiger partial charge in [-0.15, -0.1) is 0 Å². The number of carbonyl (C=O) groups is 3. The molecule has 0 fully saturated rings. The van der Waals surface area contributed by atoms with Gasteiger partial charge in [-0.25, -0.2) is 0 Å². The van der Waals surface area contributed by atoms with Gasteiger partial charge in [-0.05, 0) is 48.8 Å². The van der Waals surface area contributed by atoms with E-state index in [1.165, 1.54) is 11.8 Å². The number of ether oxygens (including phenoxy) is 1. The molecule has 0 saturated carbocycles. The highest BCUT2D eigenvalue weighted by molar-refractivity contribution is 9.12. The summed E-state index contributed by atoms with van der Waals surface area (Å²) in [5.41, 5.74) is -0.642. The fourth-order valence-electron chi connectivity index (χ4n) is 2.11. The predicted octanol–water partition coefficient (Wildman–Crippen LogP) is 2.59. The van der Waals surface area contributed by atoms with Crippen molar-refractivity contribution < 1.29 is 19.1 Å². The van der Waals surface area contributed by atoms with E-state index in [1.807, 2.05) is 30.3 Å². The average Bonchev–Trinajstić information content (AvgIpc) is 2.61. The summed E-state index contributed by atoms with van der Waals surface area (Å²) in [5, 5.41) is 5.40. The molecule has 2 N–H and O–H groups in total. The standard InChI is InChI=1S/C18H21BrN2O4S/c1-18(2,3)25-17(24)11-9-20-15(22)13(19)14(16(23)21-10-11)26-12-7-5-4-6-8-12/h4-8,11H,9-10H2,1-3H3,(H,20,22)(H,21,23)/b14-13-. The Morgan fingerprint density at radius 3 is 2.27 bits per heavy atom. The molecule has 1 aliphatic heterocycles. The highest BCUT2D eigenvalue weighted by atomic mass is 79.9. The Balaban J connectivity index is 2.18. The maximum absolute atomic E-state index is 12.6. The van der Waals surface area contributed by atoms with Gasteiger partial charge in [0, 0.05) is 18.0 Å². The number of esters is 1. The molecule has 1 aliphatic rings. The van der Waals surface area contributed by atoms with Gasteiger partial charge < -0.3 is 15.4 Å². The minimum Gasteiger partial charge on any atom is -0.460 e. The van der Waals surface area contributed by atoms with Crippen LogP contribution in [0, 0.1) is 5.92 Å². The third kappa shape index (κ3) is 5.88. The Bertz CT molecular complexity index is 728. The Labute approximate surface area is 165 Å². The van der Waals surface area contributed by atoms with Gasteiger partial charge in [0.25, 0.3) is 11.8 Å². The van der Waals surface area contributed by atoms with Gasteiger partial charge in [0.05, 0.1) is 10.8 Å². The van der Waals surface area contributed by atoms with E-state index in [1.54, 1.807) is 20.8 Å². The quantitative estimate of drug-likeness (QED) is 0.705. The highest BCUT2D eigenvalue weighted by Crippen LogP contribution is 2.31. The summed E-state index contributed by atoms with van der Waals surface area (Å²) >= 11 is 4.39. The van der Waals surface area contributed by atoms with E-state index >= 15 is 0 Å². The molecule has 0 aliphatic carbocycles. The minimum atomic E-state index is -0.663. The highest BCUT2D eigenvalue weighted by Gasteiger charge is 2.30. The van der Waals surface area contributed by atoms with Crippen molar-refractivity contribution in [2.45, 2.75) is 31.3 Å². The van der Waals surface area contributed by atoms with Crippen LogP contribution in [-0.2, 0) is 19.1 Å². The Kier molecular flexibility index (Phi) is 6.88. The van der Waals surface area contributed by atoms with Gasteiger partial charge in [0.1, 0.15) is 10.1 Å². The predicted molar refractivity (Wildman–Crippen MR) is 104 cm³/mol. The van der Waals surface area contributed by atoms with Gasteiger partial charge in [-0.3, -0.25) is 14.4 Å². The van der Waals surface area contributed by atoms with E-state index in [4.69, 9.17) is 4.74 Å². The van der Waals surface area contributed by atoms with Crippen molar-refractivity contribution >= 4 is 45.5 Å². The van der Waals surface area contributed by atoms with Crippen LogP contribution in [0.25, 0.3) is 0 Å². The number of carbonyl (C=O) groups excluding carboxylic acids is 3. The first kappa shape index (κ1) is 20.5. The lowest BCUT2D eigenvalue weighted by atomic mass is 10.1. The van der Waals surface area contributed by atoms with Crippen molar-refractivity contribution in [1.82, 2.24) is 10.6 Å². The monoisotopic (exact) mass is 440 g/mol. The first-order chi connectivity index (χ1) is 12.2. The maximum atomic E-state index is 12.6. The molecule has 0 radical (unpaired) electrons. The number of thioether (sulfide) groups is 1. The summed E-state index contributed by atoms with van der Waals surface area (Å²) in [6, 6.07) is 9.26. The minimum absolute atomic E-state index is 0.0758. The zero-order valence-corrected chi connectivity index (χ0v) is 17.2. The van der Waals surface area contributed by atoms with Crippen LogP contribution in [0.4, 0.5) is 0 Å². The third-order valence-electron chi connectivity index (χ3n) is 3.33. The van der Waals surface area contributed by atoms with Crippen LogP contribution >= 0.6 is 27.7 Å². The molecule has 0 bridgehead atoms. The van der Waals surface area contributed by atoms with Crippen LogP contribution in [0.5, 0.6) is 0 Å². The molecule has 2 rings (SSSR count). The summed E-state index contributed by atoms with van der Waals surface area (Å²) in [6.07, 6.45) is 0. The summed E-state index contributed by atoms with van der Waals surface area (Å²) in [5.74, 6) is -2.00. The number of amides is 2. The van der Waals surface area contributed by atoms with Crippen molar-refractivity contribution in [1.29, 1.82) is 0 Å². The first-order valence-electron chi connectivity index (χ1n) is 8.09. The second-order valence-electron chi connectivity index (χ2n) is 6.71. The second-order valence-corrected chi connectivity index (χ2v) is 8.59. The molecule has 26 heavy (non-hydrogen) atoms. The summed E-state index contributed by atoms with van der Waals surface area (Å²) in [6.45, 7) is 5.46. The fourth-order valence-corrected chi connectivity index (χ4v) is 3.55. The number of benzene rings is 1. The molecule has 2 amide bonds. The number of hydrogen-bond donors (Lipinski definition) is 2. The molecule has 1 aromatic rings. The van der Waals surface area contributed by atoms with Gasteiger partial charge in [0.15, 0.2) is 0 Å². The summed E-state index contributed by atoms with van der Waals surface area (Å²) in [7, 11) is 0. The topological polar surface area (TPSA) is 84.5 Å². The molecule has 0 spiro atoms. The SMILES string of the molecule is CC(C)(C)OC(=O)C1CNC(=O)/C(Br)=C(/Sc2ccccc2)C(=O)NC1. The normalized spacial score (nSPS) is 21.8. The lowest BCUT2D eigenvalue weighted by Crippen LogP contribution is -2.41. The summed E-state index contributed by atoms with van der Waals surface area (Å²) in [4.78, 5) is 38.3. The van der Waals surface area contributed by atoms with E-state index in [-0.39, 0.29) is 22.5 Å². The molecule has 1 unspecified atom stereocenters. The second kappa shape index (κ2) is 8.73. The van der Waals surface area contributed by atoms with E-state index in [9.17, 15) is 14.4 Å². The van der Waals surface area contributed by atoms with Crippen LogP contribution in [0.1, 0.15) is 20.8 Å². The van der Waals surface area contributed by atoms with Crippen molar-refractivity contribution in [3.8, 4) is 0 Å². The lowest BCUT2D eigenvalue weighted by Gasteiger charge is -2.24. The molecule has 0 aromatic heterocycles. The Morgan fingerprint density at radius 1 is 1.12 bits per heavy atom. The van der Waals surface area contributed by atoms with Crippen molar-refractivity contribution in [2.75, 3.05) is 13.1 Å². The average molecular weight is 441 g/mol. The van der Waals surface area contributed by atoms with Crippen LogP contribution < -0.4 is 10.6 Å². The van der Waals surface area contributed by atoms with Crippen LogP contribution in [0.2, 0.25) is 0 Å². The molecule has 0 saturated heterocycles. The number of nitrogens with one attached hydrogen (secondary N) is 2. The summed E-state index contributed by atoms with van der Waals surface area (Å²) < 4.78 is 5.50. The number of rotatable bonds is 3. The Hall–Kier alpha value is -1.80. The third-order valence-corrected chi connectivity index (χ3v) is 5.45. The van der Waals surface area contributed by atoms with Crippen LogP contribution in [0.3, 0.4) is 0 Å². The molecule has 1 heterocycles. The van der Waals surface area contributed by atoms with E-state index < -0.39 is 29.3 Å². The van der Waals surface area contributed by atoms with E-state index in [0.717, 1.165) is 4.90 Å². The molecular formula is C18H21BrN2O4S. The number of hydrogen-bond acceptors (Lipinski definition) is 5. The van der Waals surface area contributed by atoms with E-state index in [0.29, 0.717) is 0 Å². The van der Waals surface area contributed by atoms with Gasteiger partial charge in [-0.2, -0.15) is 0 Å². The molecule has 1 atom stereocenters. The van der Waals surface area contributed by atoms with Gasteiger partial charge in [-0.1, -0.05) is 30.0 Å². The van der Waals surface area contributed by atoms with Crippen LogP contribution in [-0.4, -0.2) is 36.5 Å². The van der Waals surface area contributed by atoms with Crippen molar-refractivity contribution in [3.05, 3.63) is 39.7 Å². The zero-order valence-electron chi connectivity index (χ0n) is 14.8. The molecule has 8 heteroatoms. The van der Waals surface area contributed by atoms with Gasteiger partial charge >= 0.3 is 5.97 Å². The van der Waals surface area contributed by atoms with Crippen molar-refractivity contribution in [3.63, 3.8) is 0 Å². The first-order valence-corrected chi connectivity index (χ1v) is 9.70. The fraction of sp³-hybridized carbons (Fsp3) is 0.389. The maximum Gasteiger partial charge on any atom is 0.313 e. The largest absolute Gasteiger partial charge is 0.460 e. The smallest absolute Gasteiger partial charge is 0.313 e. The molecule has 6 nitrogen and oxygen atoms in total. The van der Waals surface area contributed by atoms with Gasteiger partial charge in [0.2, 0.25) is 0 Å². The molecule has 140 valence electrons. The van der Waals surface area contributed by atoms with E-state index in [2.05, 4.69) is 26.6 Å². The molecular weight excluding hydrogens is 420 g/mol. The Morgan fingerprint density at radius 2 is 1.69 bits per heavy atom. The number of halogens is 1. The molecule has 1 aromatic carbocycles. The zero-order chi connectivity index (χ0) is 19.3. The van der Waals surface area contributed by atoms with Crippen molar-refractivity contribution in [2.24, 2.45) is 5.92 Å². The lowest BCUT2D eigenvalue weighted by molar-refractivity contribution is -0.159.